The molecule has 0 radical (unpaired) electrons. The second-order valence-corrected chi connectivity index (χ2v) is 7.90. The van der Waals surface area contributed by atoms with Gasteiger partial charge < -0.3 is 9.64 Å². The molecule has 1 aromatic heterocycles. The third kappa shape index (κ3) is 5.09. The smallest absolute Gasteiger partial charge is 0.225 e. The zero-order chi connectivity index (χ0) is 18.4. The standard InChI is InChI=1S/C22H32N2O2/c1-3-17(2)7-6-8-18-13-21(15-23-14-18)26-20-11-12-24(16-20)22(25)19-9-4-5-10-19/h6,8,13-15,17,19-20H,3-5,7,9-12,16H2,1-2H3/b8-6+/t17-,20+/m1/s1. The molecule has 0 bridgehead atoms. The first-order valence-electron chi connectivity index (χ1n) is 10.2. The van der Waals surface area contributed by atoms with E-state index in [0.29, 0.717) is 18.4 Å². The van der Waals surface area contributed by atoms with Gasteiger partial charge in [-0.05, 0) is 36.8 Å². The molecule has 1 amide bonds. The van der Waals surface area contributed by atoms with Crippen molar-refractivity contribution in [3.05, 3.63) is 30.1 Å². The molecule has 1 aliphatic carbocycles. The van der Waals surface area contributed by atoms with E-state index in [1.54, 1.807) is 6.20 Å². The number of nitrogens with zero attached hydrogens (tertiary/aromatic N) is 2. The van der Waals surface area contributed by atoms with E-state index in [1.165, 1.54) is 19.3 Å². The number of likely N-dealkylation sites (tertiary alicyclic amines) is 1. The lowest BCUT2D eigenvalue weighted by atomic mass is 10.0. The summed E-state index contributed by atoms with van der Waals surface area (Å²) in [6.07, 6.45) is 15.8. The first-order chi connectivity index (χ1) is 12.7. The Balaban J connectivity index is 1.51. The molecule has 1 aliphatic heterocycles. The maximum Gasteiger partial charge on any atom is 0.225 e. The number of amides is 1. The first kappa shape index (κ1) is 18.9. The summed E-state index contributed by atoms with van der Waals surface area (Å²) in [4.78, 5) is 18.9. The van der Waals surface area contributed by atoms with Gasteiger partial charge in [0.15, 0.2) is 0 Å². The zero-order valence-electron chi connectivity index (χ0n) is 16.2. The van der Waals surface area contributed by atoms with E-state index in [-0.39, 0.29) is 12.0 Å². The number of ether oxygens (including phenoxy) is 1. The van der Waals surface area contributed by atoms with Crippen LogP contribution in [-0.2, 0) is 4.79 Å². The van der Waals surface area contributed by atoms with Crippen LogP contribution in [0.1, 0.15) is 64.4 Å². The lowest BCUT2D eigenvalue weighted by molar-refractivity contribution is -0.134. The topological polar surface area (TPSA) is 42.4 Å². The zero-order valence-corrected chi connectivity index (χ0v) is 16.2. The first-order valence-corrected chi connectivity index (χ1v) is 10.2. The van der Waals surface area contributed by atoms with Crippen LogP contribution in [0.15, 0.2) is 24.5 Å². The van der Waals surface area contributed by atoms with Crippen LogP contribution in [-0.4, -0.2) is 35.0 Å². The van der Waals surface area contributed by atoms with Crippen molar-refractivity contribution >= 4 is 12.0 Å². The van der Waals surface area contributed by atoms with Crippen LogP contribution in [0.2, 0.25) is 0 Å². The second kappa shape index (κ2) is 9.20. The van der Waals surface area contributed by atoms with Crippen LogP contribution < -0.4 is 4.74 Å². The predicted octanol–water partition coefficient (Wildman–Crippen LogP) is 4.70. The Bertz CT molecular complexity index is 622. The number of pyridine rings is 1. The van der Waals surface area contributed by atoms with Crippen molar-refractivity contribution in [1.29, 1.82) is 0 Å². The van der Waals surface area contributed by atoms with E-state index in [9.17, 15) is 4.79 Å². The number of aromatic nitrogens is 1. The van der Waals surface area contributed by atoms with E-state index in [2.05, 4.69) is 31.0 Å². The van der Waals surface area contributed by atoms with Crippen molar-refractivity contribution in [2.24, 2.45) is 11.8 Å². The minimum Gasteiger partial charge on any atom is -0.487 e. The third-order valence-electron chi connectivity index (χ3n) is 5.74. The van der Waals surface area contributed by atoms with Crippen LogP contribution in [0.25, 0.3) is 6.08 Å². The lowest BCUT2D eigenvalue weighted by Crippen LogP contribution is -2.34. The van der Waals surface area contributed by atoms with Crippen LogP contribution in [0.3, 0.4) is 0 Å². The maximum absolute atomic E-state index is 12.5. The van der Waals surface area contributed by atoms with Crippen molar-refractivity contribution in [2.45, 2.75) is 64.9 Å². The quantitative estimate of drug-likeness (QED) is 0.711. The Morgan fingerprint density at radius 2 is 2.15 bits per heavy atom. The Morgan fingerprint density at radius 3 is 2.92 bits per heavy atom. The van der Waals surface area contributed by atoms with E-state index in [1.807, 2.05) is 17.2 Å². The number of allylic oxidation sites excluding steroid dienone is 1. The molecule has 0 unspecified atom stereocenters. The maximum atomic E-state index is 12.5. The van der Waals surface area contributed by atoms with Gasteiger partial charge >= 0.3 is 0 Å². The Labute approximate surface area is 157 Å². The summed E-state index contributed by atoms with van der Waals surface area (Å²) in [7, 11) is 0. The molecule has 0 aromatic carbocycles. The number of rotatable bonds is 7. The second-order valence-electron chi connectivity index (χ2n) is 7.90. The van der Waals surface area contributed by atoms with Gasteiger partial charge in [-0.15, -0.1) is 0 Å². The molecule has 0 spiro atoms. The third-order valence-corrected chi connectivity index (χ3v) is 5.74. The molecule has 2 fully saturated rings. The summed E-state index contributed by atoms with van der Waals surface area (Å²) < 4.78 is 6.12. The SMILES string of the molecule is CC[C@@H](C)C/C=C/c1cncc(O[C@H]2CCN(C(=O)C3CCCC3)C2)c1. The lowest BCUT2D eigenvalue weighted by Gasteiger charge is -2.20. The summed E-state index contributed by atoms with van der Waals surface area (Å²) >= 11 is 0. The van der Waals surface area contributed by atoms with Crippen molar-refractivity contribution in [3.8, 4) is 5.75 Å². The molecule has 2 heterocycles. The molecule has 2 aliphatic rings. The van der Waals surface area contributed by atoms with E-state index < -0.39 is 0 Å². The molecular weight excluding hydrogens is 324 g/mol. The molecule has 1 saturated carbocycles. The minimum atomic E-state index is 0.0847. The van der Waals surface area contributed by atoms with Gasteiger partial charge in [-0.25, -0.2) is 0 Å². The van der Waals surface area contributed by atoms with Crippen molar-refractivity contribution in [2.75, 3.05) is 13.1 Å². The van der Waals surface area contributed by atoms with Gasteiger partial charge in [-0.2, -0.15) is 0 Å². The number of carbonyl (C=O) groups excluding carboxylic acids is 1. The summed E-state index contributed by atoms with van der Waals surface area (Å²) in [6, 6.07) is 2.04. The van der Waals surface area contributed by atoms with E-state index >= 15 is 0 Å². The highest BCUT2D eigenvalue weighted by atomic mass is 16.5. The van der Waals surface area contributed by atoms with Crippen LogP contribution in [0, 0.1) is 11.8 Å². The predicted molar refractivity (Wildman–Crippen MR) is 105 cm³/mol. The van der Waals surface area contributed by atoms with Gasteiger partial charge in [0.25, 0.3) is 0 Å². The van der Waals surface area contributed by atoms with Crippen LogP contribution in [0.5, 0.6) is 5.75 Å². The average molecular weight is 357 g/mol. The van der Waals surface area contributed by atoms with Crippen molar-refractivity contribution < 1.29 is 9.53 Å². The molecule has 4 heteroatoms. The summed E-state index contributed by atoms with van der Waals surface area (Å²) in [5.74, 6) is 2.11. The number of hydrogen-bond donors (Lipinski definition) is 0. The monoisotopic (exact) mass is 356 g/mol. The molecule has 26 heavy (non-hydrogen) atoms. The number of carbonyl (C=O) groups is 1. The molecule has 4 nitrogen and oxygen atoms in total. The fourth-order valence-corrected chi connectivity index (χ4v) is 3.84. The highest BCUT2D eigenvalue weighted by molar-refractivity contribution is 5.79. The van der Waals surface area contributed by atoms with Crippen molar-refractivity contribution in [3.63, 3.8) is 0 Å². The van der Waals surface area contributed by atoms with Gasteiger partial charge in [0.2, 0.25) is 5.91 Å². The molecule has 3 rings (SSSR count). The normalized spacial score (nSPS) is 22.2. The van der Waals surface area contributed by atoms with Gasteiger partial charge in [0, 0.05) is 25.1 Å². The molecule has 142 valence electrons. The molecular formula is C22H32N2O2. The summed E-state index contributed by atoms with van der Waals surface area (Å²) in [5, 5.41) is 0. The summed E-state index contributed by atoms with van der Waals surface area (Å²) in [6.45, 7) is 6.02. The van der Waals surface area contributed by atoms with Gasteiger partial charge in [-0.3, -0.25) is 9.78 Å². The van der Waals surface area contributed by atoms with Gasteiger partial charge in [0.05, 0.1) is 12.7 Å². The van der Waals surface area contributed by atoms with Crippen LogP contribution >= 0.6 is 0 Å². The van der Waals surface area contributed by atoms with E-state index in [0.717, 1.165) is 43.5 Å². The Morgan fingerprint density at radius 1 is 1.35 bits per heavy atom. The fourth-order valence-electron chi connectivity index (χ4n) is 3.84. The van der Waals surface area contributed by atoms with Gasteiger partial charge in [-0.1, -0.05) is 45.3 Å². The molecule has 2 atom stereocenters. The molecule has 1 aromatic rings. The largest absolute Gasteiger partial charge is 0.487 e. The molecule has 0 N–H and O–H groups in total. The highest BCUT2D eigenvalue weighted by Gasteiger charge is 2.33. The molecule has 1 saturated heterocycles. The van der Waals surface area contributed by atoms with Crippen molar-refractivity contribution in [1.82, 2.24) is 9.88 Å². The minimum absolute atomic E-state index is 0.0847. The highest BCUT2D eigenvalue weighted by Crippen LogP contribution is 2.28. The fraction of sp³-hybridized carbons (Fsp3) is 0.636. The summed E-state index contributed by atoms with van der Waals surface area (Å²) in [5.41, 5.74) is 1.07. The van der Waals surface area contributed by atoms with Crippen LogP contribution in [0.4, 0.5) is 0 Å². The Hall–Kier alpha value is -1.84. The Kier molecular flexibility index (Phi) is 6.70. The number of hydrogen-bond acceptors (Lipinski definition) is 3. The van der Waals surface area contributed by atoms with E-state index in [4.69, 9.17) is 4.74 Å². The van der Waals surface area contributed by atoms with Gasteiger partial charge in [0.1, 0.15) is 11.9 Å². The average Bonchev–Trinajstić information content (AvgIpc) is 3.33.